The third-order valence-electron chi connectivity index (χ3n) is 3.60. The molecule has 4 heteroatoms. The molecule has 1 atom stereocenters. The lowest BCUT2D eigenvalue weighted by molar-refractivity contribution is 0.244. The Morgan fingerprint density at radius 2 is 2.33 bits per heavy atom. The Morgan fingerprint density at radius 3 is 3.11 bits per heavy atom. The van der Waals surface area contributed by atoms with Gasteiger partial charge in [0.1, 0.15) is 12.1 Å². The average Bonchev–Trinajstić information content (AvgIpc) is 2.40. The molecule has 2 heterocycles. The highest BCUT2D eigenvalue weighted by Crippen LogP contribution is 2.23. The summed E-state index contributed by atoms with van der Waals surface area (Å²) in [5, 5.41) is 9.05. The number of aliphatic hydroxyl groups excluding tert-OH is 1. The van der Waals surface area contributed by atoms with Crippen molar-refractivity contribution in [3.63, 3.8) is 0 Å². The van der Waals surface area contributed by atoms with Crippen LogP contribution in [0.25, 0.3) is 0 Å². The third kappa shape index (κ3) is 3.42. The van der Waals surface area contributed by atoms with E-state index < -0.39 is 0 Å². The Labute approximate surface area is 109 Å². The Hall–Kier alpha value is -1.16. The molecule has 1 aromatic heterocycles. The monoisotopic (exact) mass is 249 g/mol. The van der Waals surface area contributed by atoms with Crippen LogP contribution in [0.15, 0.2) is 12.4 Å². The van der Waals surface area contributed by atoms with Gasteiger partial charge in [-0.2, -0.15) is 0 Å². The number of aryl methyl sites for hydroxylation is 1. The molecule has 0 spiro atoms. The average molecular weight is 249 g/mol. The van der Waals surface area contributed by atoms with Gasteiger partial charge in [0, 0.05) is 31.5 Å². The van der Waals surface area contributed by atoms with Crippen molar-refractivity contribution in [2.24, 2.45) is 5.92 Å². The van der Waals surface area contributed by atoms with E-state index >= 15 is 0 Å². The van der Waals surface area contributed by atoms with E-state index in [2.05, 4.69) is 27.9 Å². The summed E-state index contributed by atoms with van der Waals surface area (Å²) >= 11 is 0. The largest absolute Gasteiger partial charge is 0.396 e. The molecule has 4 nitrogen and oxygen atoms in total. The van der Waals surface area contributed by atoms with Crippen molar-refractivity contribution in [1.29, 1.82) is 0 Å². The maximum Gasteiger partial charge on any atom is 0.132 e. The minimum Gasteiger partial charge on any atom is -0.396 e. The van der Waals surface area contributed by atoms with E-state index in [9.17, 15) is 0 Å². The van der Waals surface area contributed by atoms with E-state index in [1.807, 2.05) is 0 Å². The van der Waals surface area contributed by atoms with Gasteiger partial charge in [0.2, 0.25) is 0 Å². The van der Waals surface area contributed by atoms with E-state index in [1.54, 1.807) is 6.33 Å². The Morgan fingerprint density at radius 1 is 1.44 bits per heavy atom. The zero-order chi connectivity index (χ0) is 12.8. The van der Waals surface area contributed by atoms with Crippen LogP contribution in [0.4, 0.5) is 5.82 Å². The van der Waals surface area contributed by atoms with Crippen LogP contribution < -0.4 is 4.90 Å². The number of piperidine rings is 1. The van der Waals surface area contributed by atoms with Gasteiger partial charge >= 0.3 is 0 Å². The normalized spacial score (nSPS) is 20.1. The summed E-state index contributed by atoms with van der Waals surface area (Å²) < 4.78 is 0. The molecule has 100 valence electrons. The van der Waals surface area contributed by atoms with Crippen molar-refractivity contribution in [2.75, 3.05) is 24.6 Å². The van der Waals surface area contributed by atoms with Crippen molar-refractivity contribution in [2.45, 2.75) is 39.0 Å². The summed E-state index contributed by atoms with van der Waals surface area (Å²) in [5.74, 6) is 1.66. The van der Waals surface area contributed by atoms with E-state index in [0.717, 1.165) is 43.9 Å². The molecule has 0 radical (unpaired) electrons. The summed E-state index contributed by atoms with van der Waals surface area (Å²) in [6.45, 7) is 4.55. The van der Waals surface area contributed by atoms with Crippen LogP contribution in [-0.2, 0) is 6.42 Å². The lowest BCUT2D eigenvalue weighted by Gasteiger charge is -2.33. The minimum absolute atomic E-state index is 0.295. The predicted octanol–water partition coefficient (Wildman–Crippen LogP) is 2.03. The SMILES string of the molecule is CCCc1cc(N2CCCC(CCO)C2)ncn1. The lowest BCUT2D eigenvalue weighted by Crippen LogP contribution is -2.36. The highest BCUT2D eigenvalue weighted by atomic mass is 16.3. The summed E-state index contributed by atoms with van der Waals surface area (Å²) in [4.78, 5) is 11.0. The zero-order valence-electron chi connectivity index (χ0n) is 11.2. The number of aromatic nitrogens is 2. The number of hydrogen-bond donors (Lipinski definition) is 1. The van der Waals surface area contributed by atoms with Crippen LogP contribution in [0.3, 0.4) is 0 Å². The molecule has 1 aliphatic heterocycles. The first-order valence-electron chi connectivity index (χ1n) is 7.00. The minimum atomic E-state index is 0.295. The molecule has 2 rings (SSSR count). The molecule has 0 aromatic carbocycles. The number of anilines is 1. The van der Waals surface area contributed by atoms with Crippen molar-refractivity contribution >= 4 is 5.82 Å². The van der Waals surface area contributed by atoms with E-state index in [-0.39, 0.29) is 0 Å². The maximum atomic E-state index is 9.05. The van der Waals surface area contributed by atoms with Gasteiger partial charge in [-0.25, -0.2) is 9.97 Å². The molecule has 0 bridgehead atoms. The van der Waals surface area contributed by atoms with Gasteiger partial charge in [-0.15, -0.1) is 0 Å². The second kappa shape index (κ2) is 6.69. The fraction of sp³-hybridized carbons (Fsp3) is 0.714. The number of nitrogens with zero attached hydrogens (tertiary/aromatic N) is 3. The zero-order valence-corrected chi connectivity index (χ0v) is 11.2. The maximum absolute atomic E-state index is 9.05. The first-order valence-corrected chi connectivity index (χ1v) is 7.00. The molecule has 1 N–H and O–H groups in total. The molecular formula is C14H23N3O. The molecule has 1 aliphatic rings. The highest BCUT2D eigenvalue weighted by Gasteiger charge is 2.20. The second-order valence-electron chi connectivity index (χ2n) is 5.08. The fourth-order valence-corrected chi connectivity index (χ4v) is 2.64. The van der Waals surface area contributed by atoms with Gasteiger partial charge in [-0.05, 0) is 31.6 Å². The Kier molecular flexibility index (Phi) is 4.93. The number of aliphatic hydroxyl groups is 1. The Bertz CT molecular complexity index is 368. The first kappa shape index (κ1) is 13.3. The summed E-state index contributed by atoms with van der Waals surface area (Å²) in [7, 11) is 0. The third-order valence-corrected chi connectivity index (χ3v) is 3.60. The van der Waals surface area contributed by atoms with Crippen molar-refractivity contribution < 1.29 is 5.11 Å². The van der Waals surface area contributed by atoms with Crippen LogP contribution >= 0.6 is 0 Å². The molecule has 0 amide bonds. The van der Waals surface area contributed by atoms with E-state index in [1.165, 1.54) is 12.8 Å². The predicted molar refractivity (Wildman–Crippen MR) is 72.7 cm³/mol. The number of rotatable bonds is 5. The van der Waals surface area contributed by atoms with Gasteiger partial charge < -0.3 is 10.0 Å². The standard InChI is InChI=1S/C14H23N3O/c1-2-4-13-9-14(16-11-15-13)17-7-3-5-12(10-17)6-8-18/h9,11-12,18H,2-8,10H2,1H3. The Balaban J connectivity index is 2.03. The summed E-state index contributed by atoms with van der Waals surface area (Å²) in [5.41, 5.74) is 1.13. The van der Waals surface area contributed by atoms with Gasteiger partial charge in [-0.1, -0.05) is 13.3 Å². The smallest absolute Gasteiger partial charge is 0.132 e. The van der Waals surface area contributed by atoms with Gasteiger partial charge in [-0.3, -0.25) is 0 Å². The summed E-state index contributed by atoms with van der Waals surface area (Å²) in [6.07, 6.45) is 7.13. The molecule has 1 unspecified atom stereocenters. The summed E-state index contributed by atoms with van der Waals surface area (Å²) in [6, 6.07) is 2.12. The quantitative estimate of drug-likeness (QED) is 0.867. The van der Waals surface area contributed by atoms with Gasteiger partial charge in [0.25, 0.3) is 0 Å². The molecule has 1 saturated heterocycles. The van der Waals surface area contributed by atoms with E-state index in [4.69, 9.17) is 5.11 Å². The number of hydrogen-bond acceptors (Lipinski definition) is 4. The fourth-order valence-electron chi connectivity index (χ4n) is 2.64. The first-order chi connectivity index (χ1) is 8.83. The van der Waals surface area contributed by atoms with Gasteiger partial charge in [0.05, 0.1) is 0 Å². The van der Waals surface area contributed by atoms with Crippen LogP contribution in [0, 0.1) is 5.92 Å². The molecule has 1 fully saturated rings. The second-order valence-corrected chi connectivity index (χ2v) is 5.08. The molecule has 18 heavy (non-hydrogen) atoms. The van der Waals surface area contributed by atoms with Crippen LogP contribution in [0.5, 0.6) is 0 Å². The highest BCUT2D eigenvalue weighted by molar-refractivity contribution is 5.39. The molecule has 0 aliphatic carbocycles. The van der Waals surface area contributed by atoms with Crippen molar-refractivity contribution in [3.8, 4) is 0 Å². The van der Waals surface area contributed by atoms with Gasteiger partial charge in [0.15, 0.2) is 0 Å². The van der Waals surface area contributed by atoms with Crippen molar-refractivity contribution in [3.05, 3.63) is 18.1 Å². The topological polar surface area (TPSA) is 49.2 Å². The van der Waals surface area contributed by atoms with Crippen LogP contribution in [0.1, 0.15) is 38.3 Å². The van der Waals surface area contributed by atoms with E-state index in [0.29, 0.717) is 12.5 Å². The van der Waals surface area contributed by atoms with Crippen molar-refractivity contribution in [1.82, 2.24) is 9.97 Å². The molecule has 1 aromatic rings. The molecule has 0 saturated carbocycles. The van der Waals surface area contributed by atoms with Crippen LogP contribution in [0.2, 0.25) is 0 Å². The molecular weight excluding hydrogens is 226 g/mol. The lowest BCUT2D eigenvalue weighted by atomic mass is 9.95. The van der Waals surface area contributed by atoms with Crippen LogP contribution in [-0.4, -0.2) is 34.8 Å².